The van der Waals surface area contributed by atoms with Crippen LogP contribution < -0.4 is 4.90 Å². The quantitative estimate of drug-likeness (QED) is 0.564. The highest BCUT2D eigenvalue weighted by Crippen LogP contribution is 2.29. The second-order valence-corrected chi connectivity index (χ2v) is 7.24. The van der Waals surface area contributed by atoms with Crippen LogP contribution in [-0.2, 0) is 19.1 Å². The van der Waals surface area contributed by atoms with Crippen LogP contribution in [0.5, 0.6) is 0 Å². The monoisotopic (exact) mass is 408 g/mol. The highest BCUT2D eigenvalue weighted by Gasteiger charge is 2.43. The van der Waals surface area contributed by atoms with E-state index in [1.165, 1.54) is 4.90 Å². The summed E-state index contributed by atoms with van der Waals surface area (Å²) in [5.74, 6) is -0.620. The van der Waals surface area contributed by atoms with E-state index in [0.717, 1.165) is 4.47 Å². The fourth-order valence-electron chi connectivity index (χ4n) is 3.47. The number of halogens is 1. The lowest BCUT2D eigenvalue weighted by molar-refractivity contribution is -0.149. The summed E-state index contributed by atoms with van der Waals surface area (Å²) in [6, 6.07) is 6.71. The predicted molar refractivity (Wildman–Crippen MR) is 96.0 cm³/mol. The topological polar surface area (TPSA) is 66.9 Å². The van der Waals surface area contributed by atoms with Crippen molar-refractivity contribution < 1.29 is 19.1 Å². The van der Waals surface area contributed by atoms with Crippen molar-refractivity contribution in [3.8, 4) is 0 Å². The summed E-state index contributed by atoms with van der Waals surface area (Å²) in [6.45, 7) is 3.44. The summed E-state index contributed by atoms with van der Waals surface area (Å²) in [4.78, 5) is 40.3. The van der Waals surface area contributed by atoms with Gasteiger partial charge in [0.05, 0.1) is 30.7 Å². The molecule has 3 rings (SSSR count). The molecule has 0 spiro atoms. The number of benzene rings is 1. The van der Waals surface area contributed by atoms with Gasteiger partial charge in [-0.25, -0.2) is 4.90 Å². The van der Waals surface area contributed by atoms with Crippen LogP contribution in [0.3, 0.4) is 0 Å². The van der Waals surface area contributed by atoms with E-state index >= 15 is 0 Å². The first-order chi connectivity index (χ1) is 12.0. The smallest absolute Gasteiger partial charge is 0.309 e. The zero-order chi connectivity index (χ0) is 18.0. The molecule has 134 valence electrons. The summed E-state index contributed by atoms with van der Waals surface area (Å²) >= 11 is 3.35. The minimum atomic E-state index is -0.431. The van der Waals surface area contributed by atoms with Gasteiger partial charge in [-0.1, -0.05) is 15.9 Å². The van der Waals surface area contributed by atoms with Gasteiger partial charge in [-0.2, -0.15) is 0 Å². The minimum absolute atomic E-state index is 0.106. The van der Waals surface area contributed by atoms with E-state index in [1.807, 2.05) is 17.0 Å². The summed E-state index contributed by atoms with van der Waals surface area (Å²) in [6.07, 6.45) is 1.52. The third-order valence-electron chi connectivity index (χ3n) is 4.80. The first kappa shape index (κ1) is 18.1. The van der Waals surface area contributed by atoms with Crippen molar-refractivity contribution in [2.24, 2.45) is 5.92 Å². The Morgan fingerprint density at radius 3 is 2.44 bits per heavy atom. The molecule has 1 aromatic carbocycles. The fraction of sp³-hybridized carbons (Fsp3) is 0.500. The normalized spacial score (nSPS) is 22.5. The average Bonchev–Trinajstić information content (AvgIpc) is 2.91. The van der Waals surface area contributed by atoms with Crippen LogP contribution in [0, 0.1) is 5.92 Å². The number of esters is 1. The Morgan fingerprint density at radius 1 is 1.20 bits per heavy atom. The molecular weight excluding hydrogens is 388 g/mol. The first-order valence-corrected chi connectivity index (χ1v) is 9.33. The molecule has 2 amide bonds. The molecule has 2 aliphatic heterocycles. The third kappa shape index (κ3) is 3.77. The van der Waals surface area contributed by atoms with Gasteiger partial charge in [0, 0.05) is 4.47 Å². The van der Waals surface area contributed by atoms with E-state index in [1.54, 1.807) is 19.1 Å². The van der Waals surface area contributed by atoms with Gasteiger partial charge >= 0.3 is 5.97 Å². The molecule has 25 heavy (non-hydrogen) atoms. The maximum atomic E-state index is 12.8. The maximum Gasteiger partial charge on any atom is 0.309 e. The Kier molecular flexibility index (Phi) is 5.54. The number of piperidine rings is 1. The van der Waals surface area contributed by atoms with Crippen molar-refractivity contribution in [3.63, 3.8) is 0 Å². The fourth-order valence-corrected chi connectivity index (χ4v) is 3.73. The molecule has 7 heteroatoms. The van der Waals surface area contributed by atoms with Gasteiger partial charge < -0.3 is 4.74 Å². The second-order valence-electron chi connectivity index (χ2n) is 6.33. The van der Waals surface area contributed by atoms with Gasteiger partial charge in [-0.15, -0.1) is 0 Å². The number of likely N-dealkylation sites (tertiary alicyclic amines) is 1. The molecule has 2 heterocycles. The molecule has 0 saturated carbocycles. The molecule has 2 aliphatic rings. The molecule has 0 radical (unpaired) electrons. The molecular formula is C18H21BrN2O4. The standard InChI is InChI=1S/C18H21BrN2O4/c1-2-25-18(24)12-7-9-20(10-8-12)15-11-16(22)21(17(15)23)14-5-3-13(19)4-6-14/h3-6,12,15H,2,7-11H2,1H3. The van der Waals surface area contributed by atoms with E-state index in [2.05, 4.69) is 15.9 Å². The van der Waals surface area contributed by atoms with Crippen LogP contribution >= 0.6 is 15.9 Å². The molecule has 0 N–H and O–H groups in total. The van der Waals surface area contributed by atoms with E-state index in [9.17, 15) is 14.4 Å². The maximum absolute atomic E-state index is 12.8. The van der Waals surface area contributed by atoms with Gasteiger partial charge in [0.15, 0.2) is 0 Å². The molecule has 0 bridgehead atoms. The number of nitrogens with zero attached hydrogens (tertiary/aromatic N) is 2. The van der Waals surface area contributed by atoms with Crippen molar-refractivity contribution in [3.05, 3.63) is 28.7 Å². The highest BCUT2D eigenvalue weighted by molar-refractivity contribution is 9.10. The number of carbonyl (C=O) groups excluding carboxylic acids is 3. The Bertz CT molecular complexity index is 668. The summed E-state index contributed by atoms with van der Waals surface area (Å²) in [5, 5.41) is 0. The third-order valence-corrected chi connectivity index (χ3v) is 5.33. The molecule has 1 atom stereocenters. The van der Waals surface area contributed by atoms with Crippen molar-refractivity contribution in [1.82, 2.24) is 4.90 Å². The molecule has 2 saturated heterocycles. The Labute approximate surface area is 155 Å². The van der Waals surface area contributed by atoms with Crippen LogP contribution in [0.25, 0.3) is 0 Å². The number of rotatable bonds is 4. The summed E-state index contributed by atoms with van der Waals surface area (Å²) < 4.78 is 5.97. The first-order valence-electron chi connectivity index (χ1n) is 8.54. The largest absolute Gasteiger partial charge is 0.466 e. The van der Waals surface area contributed by atoms with Crippen molar-refractivity contribution in [2.75, 3.05) is 24.6 Å². The van der Waals surface area contributed by atoms with Crippen molar-refractivity contribution in [2.45, 2.75) is 32.2 Å². The molecule has 1 unspecified atom stereocenters. The zero-order valence-electron chi connectivity index (χ0n) is 14.1. The van der Waals surface area contributed by atoms with Gasteiger partial charge in [-0.05, 0) is 57.1 Å². The Balaban J connectivity index is 1.65. The summed E-state index contributed by atoms with van der Waals surface area (Å²) in [5.41, 5.74) is 0.599. The second kappa shape index (κ2) is 7.66. The lowest BCUT2D eigenvalue weighted by atomic mass is 9.95. The summed E-state index contributed by atoms with van der Waals surface area (Å²) in [7, 11) is 0. The van der Waals surface area contributed by atoms with Crippen molar-refractivity contribution in [1.29, 1.82) is 0 Å². The Morgan fingerprint density at radius 2 is 1.84 bits per heavy atom. The van der Waals surface area contributed by atoms with Gasteiger partial charge in [-0.3, -0.25) is 19.3 Å². The molecule has 2 fully saturated rings. The van der Waals surface area contributed by atoms with E-state index in [-0.39, 0.29) is 30.1 Å². The minimum Gasteiger partial charge on any atom is -0.466 e. The van der Waals surface area contributed by atoms with Crippen LogP contribution in [-0.4, -0.2) is 48.4 Å². The number of anilines is 1. The van der Waals surface area contributed by atoms with Gasteiger partial charge in [0.25, 0.3) is 5.91 Å². The number of hydrogen-bond acceptors (Lipinski definition) is 5. The Hall–Kier alpha value is -1.73. The number of imide groups is 1. The molecule has 0 aliphatic carbocycles. The average molecular weight is 409 g/mol. The van der Waals surface area contributed by atoms with Gasteiger partial charge in [0.2, 0.25) is 5.91 Å². The predicted octanol–water partition coefficient (Wildman–Crippen LogP) is 2.36. The van der Waals surface area contributed by atoms with E-state index < -0.39 is 6.04 Å². The number of carbonyl (C=O) groups is 3. The number of amides is 2. The SMILES string of the molecule is CCOC(=O)C1CCN(C2CC(=O)N(c3ccc(Br)cc3)C2=O)CC1. The molecule has 1 aromatic rings. The van der Waals surface area contributed by atoms with Crippen LogP contribution in [0.4, 0.5) is 5.69 Å². The van der Waals surface area contributed by atoms with Gasteiger partial charge in [0.1, 0.15) is 0 Å². The van der Waals surface area contributed by atoms with E-state index in [4.69, 9.17) is 4.74 Å². The molecule has 6 nitrogen and oxygen atoms in total. The van der Waals surface area contributed by atoms with Crippen molar-refractivity contribution >= 4 is 39.4 Å². The van der Waals surface area contributed by atoms with Crippen LogP contribution in [0.2, 0.25) is 0 Å². The molecule has 0 aromatic heterocycles. The van der Waals surface area contributed by atoms with Crippen LogP contribution in [0.15, 0.2) is 28.7 Å². The highest BCUT2D eigenvalue weighted by atomic mass is 79.9. The van der Waals surface area contributed by atoms with Crippen LogP contribution in [0.1, 0.15) is 26.2 Å². The zero-order valence-corrected chi connectivity index (χ0v) is 15.7. The lowest BCUT2D eigenvalue weighted by Crippen LogP contribution is -2.47. The number of ether oxygens (including phenoxy) is 1. The lowest BCUT2D eigenvalue weighted by Gasteiger charge is -2.33. The number of hydrogen-bond donors (Lipinski definition) is 0. The van der Waals surface area contributed by atoms with E-state index in [0.29, 0.717) is 38.2 Å².